The summed E-state index contributed by atoms with van der Waals surface area (Å²) in [6.07, 6.45) is 1.41. The predicted octanol–water partition coefficient (Wildman–Crippen LogP) is 1.24. The second-order valence-corrected chi connectivity index (χ2v) is 4.32. The van der Waals surface area contributed by atoms with Crippen LogP contribution in [0.5, 0.6) is 0 Å². The highest BCUT2D eigenvalue weighted by Crippen LogP contribution is 2.27. The zero-order valence-electron chi connectivity index (χ0n) is 9.65. The molecule has 6 heteroatoms. The molecular weight excluding hydrogens is 228 g/mol. The molecule has 2 rings (SSSR count). The first-order chi connectivity index (χ1) is 7.89. The van der Waals surface area contributed by atoms with E-state index >= 15 is 0 Å². The van der Waals surface area contributed by atoms with Gasteiger partial charge in [0, 0.05) is 20.3 Å². The fraction of sp³-hybridized carbons (Fsp3) is 0.455. The Kier molecular flexibility index (Phi) is 2.73. The molecule has 1 saturated heterocycles. The predicted molar refractivity (Wildman–Crippen MR) is 59.4 cm³/mol. The Morgan fingerprint density at radius 3 is 2.47 bits per heavy atom. The van der Waals surface area contributed by atoms with Gasteiger partial charge < -0.3 is 9.80 Å². The van der Waals surface area contributed by atoms with Gasteiger partial charge in [-0.3, -0.25) is 4.79 Å². The van der Waals surface area contributed by atoms with Crippen LogP contribution in [0.1, 0.15) is 10.4 Å². The Labute approximate surface area is 97.8 Å². The Morgan fingerprint density at radius 1 is 1.41 bits per heavy atom. The SMILES string of the molecule is CN(C)c1ccc(C(=O)N2CC(F)(F)C2)cn1. The van der Waals surface area contributed by atoms with Crippen LogP contribution in [0.3, 0.4) is 0 Å². The van der Waals surface area contributed by atoms with Crippen molar-refractivity contribution in [2.24, 2.45) is 0 Å². The quantitative estimate of drug-likeness (QED) is 0.781. The number of carbonyl (C=O) groups is 1. The summed E-state index contributed by atoms with van der Waals surface area (Å²) in [6.45, 7) is -0.997. The second-order valence-electron chi connectivity index (χ2n) is 4.32. The lowest BCUT2D eigenvalue weighted by Crippen LogP contribution is -2.58. The van der Waals surface area contributed by atoms with Crippen molar-refractivity contribution >= 4 is 11.7 Å². The molecule has 0 aromatic carbocycles. The van der Waals surface area contributed by atoms with Crippen molar-refractivity contribution in [2.45, 2.75) is 5.92 Å². The van der Waals surface area contributed by atoms with E-state index in [9.17, 15) is 13.6 Å². The van der Waals surface area contributed by atoms with Crippen LogP contribution in [-0.2, 0) is 0 Å². The summed E-state index contributed by atoms with van der Waals surface area (Å²) in [6, 6.07) is 3.28. The standard InChI is InChI=1S/C11H13F2N3O/c1-15(2)9-4-3-8(5-14-9)10(17)16-6-11(12,13)7-16/h3-5H,6-7H2,1-2H3. The van der Waals surface area contributed by atoms with Crippen molar-refractivity contribution in [3.8, 4) is 0 Å². The smallest absolute Gasteiger partial charge is 0.282 e. The molecule has 0 atom stereocenters. The van der Waals surface area contributed by atoms with Gasteiger partial charge >= 0.3 is 0 Å². The van der Waals surface area contributed by atoms with Crippen molar-refractivity contribution in [3.63, 3.8) is 0 Å². The summed E-state index contributed by atoms with van der Waals surface area (Å²) < 4.78 is 25.2. The molecule has 0 spiro atoms. The summed E-state index contributed by atoms with van der Waals surface area (Å²) in [5, 5.41) is 0. The second kappa shape index (κ2) is 3.94. The number of pyridine rings is 1. The summed E-state index contributed by atoms with van der Waals surface area (Å²) in [4.78, 5) is 18.7. The van der Waals surface area contributed by atoms with Gasteiger partial charge in [0.05, 0.1) is 18.7 Å². The third-order valence-corrected chi connectivity index (χ3v) is 2.58. The lowest BCUT2D eigenvalue weighted by atomic mass is 10.1. The molecule has 0 aliphatic carbocycles. The van der Waals surface area contributed by atoms with E-state index in [1.54, 1.807) is 17.0 Å². The topological polar surface area (TPSA) is 36.4 Å². The maximum absolute atomic E-state index is 12.6. The Hall–Kier alpha value is -1.72. The van der Waals surface area contributed by atoms with E-state index < -0.39 is 24.9 Å². The molecule has 0 radical (unpaired) electrons. The molecule has 1 amide bonds. The van der Waals surface area contributed by atoms with Gasteiger partial charge in [0.25, 0.3) is 11.8 Å². The average molecular weight is 241 g/mol. The highest BCUT2D eigenvalue weighted by molar-refractivity contribution is 5.94. The molecule has 1 aliphatic rings. The third-order valence-electron chi connectivity index (χ3n) is 2.58. The number of halogens is 2. The first kappa shape index (κ1) is 11.8. The molecular formula is C11H13F2N3O. The van der Waals surface area contributed by atoms with E-state index in [0.717, 1.165) is 10.7 Å². The number of likely N-dealkylation sites (tertiary alicyclic amines) is 1. The molecule has 1 aliphatic heterocycles. The Morgan fingerprint density at radius 2 is 2.06 bits per heavy atom. The van der Waals surface area contributed by atoms with Crippen LogP contribution in [0.25, 0.3) is 0 Å². The molecule has 0 unspecified atom stereocenters. The number of aromatic nitrogens is 1. The molecule has 4 nitrogen and oxygen atoms in total. The number of hydrogen-bond donors (Lipinski definition) is 0. The number of alkyl halides is 2. The van der Waals surface area contributed by atoms with Gasteiger partial charge in [-0.05, 0) is 12.1 Å². The van der Waals surface area contributed by atoms with Crippen molar-refractivity contribution < 1.29 is 13.6 Å². The van der Waals surface area contributed by atoms with Gasteiger partial charge in [-0.2, -0.15) is 0 Å². The number of hydrogen-bond acceptors (Lipinski definition) is 3. The minimum Gasteiger partial charge on any atom is -0.363 e. The number of anilines is 1. The largest absolute Gasteiger partial charge is 0.363 e. The first-order valence-corrected chi connectivity index (χ1v) is 5.19. The maximum Gasteiger partial charge on any atom is 0.282 e. The van der Waals surface area contributed by atoms with Crippen LogP contribution in [0.15, 0.2) is 18.3 Å². The monoisotopic (exact) mass is 241 g/mol. The molecule has 1 fully saturated rings. The molecule has 0 bridgehead atoms. The average Bonchev–Trinajstić information content (AvgIpc) is 2.25. The minimum atomic E-state index is -2.73. The summed E-state index contributed by atoms with van der Waals surface area (Å²) in [5.41, 5.74) is 0.339. The fourth-order valence-corrected chi connectivity index (χ4v) is 1.62. The molecule has 92 valence electrons. The minimum absolute atomic E-state index is 0.339. The normalized spacial score (nSPS) is 17.5. The van der Waals surface area contributed by atoms with Crippen LogP contribution in [-0.4, -0.2) is 48.9 Å². The van der Waals surface area contributed by atoms with Crippen LogP contribution >= 0.6 is 0 Å². The summed E-state index contributed by atoms with van der Waals surface area (Å²) >= 11 is 0. The van der Waals surface area contributed by atoms with Crippen LogP contribution in [0.2, 0.25) is 0 Å². The highest BCUT2D eigenvalue weighted by atomic mass is 19.3. The van der Waals surface area contributed by atoms with E-state index in [2.05, 4.69) is 4.98 Å². The molecule has 1 aromatic heterocycles. The summed E-state index contributed by atoms with van der Waals surface area (Å²) in [5.74, 6) is -2.41. The zero-order valence-corrected chi connectivity index (χ0v) is 9.65. The third kappa shape index (κ3) is 2.35. The highest BCUT2D eigenvalue weighted by Gasteiger charge is 2.46. The summed E-state index contributed by atoms with van der Waals surface area (Å²) in [7, 11) is 3.67. The lowest BCUT2D eigenvalue weighted by Gasteiger charge is -2.38. The van der Waals surface area contributed by atoms with Crippen LogP contribution in [0, 0.1) is 0 Å². The molecule has 0 N–H and O–H groups in total. The number of carbonyl (C=O) groups excluding carboxylic acids is 1. The Balaban J connectivity index is 2.06. The van der Waals surface area contributed by atoms with Gasteiger partial charge in [0.2, 0.25) is 0 Å². The fourth-order valence-electron chi connectivity index (χ4n) is 1.62. The van der Waals surface area contributed by atoms with Gasteiger partial charge in [-0.25, -0.2) is 13.8 Å². The maximum atomic E-state index is 12.6. The van der Waals surface area contributed by atoms with E-state index in [4.69, 9.17) is 0 Å². The van der Waals surface area contributed by atoms with E-state index in [1.807, 2.05) is 14.1 Å². The van der Waals surface area contributed by atoms with Crippen LogP contribution in [0.4, 0.5) is 14.6 Å². The zero-order chi connectivity index (χ0) is 12.6. The van der Waals surface area contributed by atoms with Crippen molar-refractivity contribution in [1.82, 2.24) is 9.88 Å². The van der Waals surface area contributed by atoms with E-state index in [0.29, 0.717) is 5.56 Å². The number of rotatable bonds is 2. The molecule has 1 aromatic rings. The first-order valence-electron chi connectivity index (χ1n) is 5.19. The molecule has 0 saturated carbocycles. The van der Waals surface area contributed by atoms with Gasteiger partial charge in [0.1, 0.15) is 5.82 Å². The lowest BCUT2D eigenvalue weighted by molar-refractivity contribution is -0.113. The van der Waals surface area contributed by atoms with Crippen molar-refractivity contribution in [3.05, 3.63) is 23.9 Å². The Bertz CT molecular complexity index is 423. The van der Waals surface area contributed by atoms with Crippen molar-refractivity contribution in [1.29, 1.82) is 0 Å². The molecule has 2 heterocycles. The van der Waals surface area contributed by atoms with Gasteiger partial charge in [0.15, 0.2) is 0 Å². The number of nitrogens with zero attached hydrogens (tertiary/aromatic N) is 3. The number of amides is 1. The van der Waals surface area contributed by atoms with E-state index in [1.165, 1.54) is 6.20 Å². The van der Waals surface area contributed by atoms with E-state index in [-0.39, 0.29) is 0 Å². The van der Waals surface area contributed by atoms with Crippen molar-refractivity contribution in [2.75, 3.05) is 32.1 Å². The van der Waals surface area contributed by atoms with Crippen LogP contribution < -0.4 is 4.90 Å². The van der Waals surface area contributed by atoms with Gasteiger partial charge in [-0.15, -0.1) is 0 Å². The van der Waals surface area contributed by atoms with Gasteiger partial charge in [-0.1, -0.05) is 0 Å². The molecule has 17 heavy (non-hydrogen) atoms.